The number of hydrogen-bond donors (Lipinski definition) is 0. The molecule has 0 bridgehead atoms. The zero-order valence-electron chi connectivity index (χ0n) is 25.7. The van der Waals surface area contributed by atoms with Crippen LogP contribution in [0.4, 0.5) is 0 Å². The van der Waals surface area contributed by atoms with Gasteiger partial charge in [0.2, 0.25) is 0 Å². The minimum absolute atomic E-state index is 0. The summed E-state index contributed by atoms with van der Waals surface area (Å²) >= 11 is 0. The van der Waals surface area contributed by atoms with Crippen LogP contribution in [0.2, 0.25) is 0 Å². The van der Waals surface area contributed by atoms with Crippen LogP contribution in [0.25, 0.3) is 0 Å². The van der Waals surface area contributed by atoms with Crippen molar-refractivity contribution in [3.63, 3.8) is 0 Å². The molecule has 0 unspecified atom stereocenters. The van der Waals surface area contributed by atoms with Crippen LogP contribution in [0, 0.1) is 45.6 Å². The Morgan fingerprint density at radius 2 is 0.587 bits per heavy atom. The molecule has 0 aromatic heterocycles. The Labute approximate surface area is 310 Å². The molecule has 4 aromatic rings. The van der Waals surface area contributed by atoms with Crippen molar-refractivity contribution in [2.45, 2.75) is 20.8 Å². The summed E-state index contributed by atoms with van der Waals surface area (Å²) in [6, 6.07) is 44.2. The van der Waals surface area contributed by atoms with E-state index in [2.05, 4.69) is 182 Å². The molecule has 0 heterocycles. The third-order valence-electron chi connectivity index (χ3n) is 4.82. The molecule has 0 fully saturated rings. The number of thiol groups is 1. The van der Waals surface area contributed by atoms with Crippen LogP contribution in [-0.4, -0.2) is 12.3 Å². The Bertz CT molecular complexity index is 1100. The number of rotatable bonds is 7. The monoisotopic (exact) mass is 892 g/mol. The number of benzene rings is 4. The number of hydrogen-bond acceptors (Lipinski definition) is 1. The first-order chi connectivity index (χ1) is 20.9. The predicted molar refractivity (Wildman–Crippen MR) is 181 cm³/mol. The van der Waals surface area contributed by atoms with Crippen LogP contribution in [0.5, 0.6) is 0 Å². The summed E-state index contributed by atoms with van der Waals surface area (Å²) in [5, 5.41) is 5.89. The van der Waals surface area contributed by atoms with Crippen molar-refractivity contribution < 1.29 is 61.4 Å². The van der Waals surface area contributed by atoms with E-state index in [-0.39, 0.29) is 72.9 Å². The first-order valence-electron chi connectivity index (χ1n) is 12.5. The van der Waals surface area contributed by atoms with Gasteiger partial charge in [-0.3, -0.25) is 0 Å². The van der Waals surface area contributed by atoms with Gasteiger partial charge in [0.25, 0.3) is 0 Å². The Balaban J connectivity index is -0.000000193. The second kappa shape index (κ2) is 39.2. The molecule has 5 nitrogen and oxygen atoms in total. The molecular formula is C36H36MnO5P2PtS. The van der Waals surface area contributed by atoms with E-state index >= 15 is 0 Å². The van der Waals surface area contributed by atoms with Crippen molar-refractivity contribution in [1.29, 1.82) is 0 Å². The molecule has 1 radical (unpaired) electrons. The zero-order chi connectivity index (χ0) is 33.5. The van der Waals surface area contributed by atoms with E-state index in [1.54, 1.807) is 0 Å². The van der Waals surface area contributed by atoms with Crippen molar-refractivity contribution in [2.75, 3.05) is 12.3 Å². The molecule has 0 N–H and O–H groups in total. The van der Waals surface area contributed by atoms with Gasteiger partial charge in [0.05, 0.1) is 0 Å². The molecule has 0 amide bonds. The third kappa shape index (κ3) is 27.1. The van der Waals surface area contributed by atoms with Crippen LogP contribution in [0.3, 0.4) is 0 Å². The first kappa shape index (κ1) is 56.3. The summed E-state index contributed by atoms with van der Waals surface area (Å²) in [6.45, 7) is 32.5. The van der Waals surface area contributed by atoms with Gasteiger partial charge in [0.1, 0.15) is 0 Å². The van der Waals surface area contributed by atoms with Crippen LogP contribution < -0.4 is 21.2 Å². The Morgan fingerprint density at radius 3 is 0.717 bits per heavy atom. The average Bonchev–Trinajstić information content (AvgIpc) is 3.09. The second-order valence-electron chi connectivity index (χ2n) is 9.21. The normalized spacial score (nSPS) is 8.26. The minimum atomic E-state index is -0.348. The van der Waals surface area contributed by atoms with Crippen molar-refractivity contribution in [3.05, 3.63) is 162 Å². The summed E-state index contributed by atoms with van der Waals surface area (Å²) < 4.78 is 37.5. The molecule has 0 saturated heterocycles. The molecule has 0 aliphatic carbocycles. The average molecular weight is 893 g/mol. The molecular weight excluding hydrogens is 856 g/mol. The fourth-order valence-electron chi connectivity index (χ4n) is 3.45. The van der Waals surface area contributed by atoms with E-state index in [1.165, 1.54) is 33.5 Å². The molecule has 4 rings (SSSR count). The molecule has 0 aliphatic heterocycles. The quantitative estimate of drug-likeness (QED) is 0.0510. The summed E-state index contributed by atoms with van der Waals surface area (Å²) in [6.07, 6.45) is 2.41. The Morgan fingerprint density at radius 1 is 0.457 bits per heavy atom. The van der Waals surface area contributed by atoms with Gasteiger partial charge in [-0.15, -0.1) is 0 Å². The van der Waals surface area contributed by atoms with Crippen molar-refractivity contribution in [1.82, 2.24) is 0 Å². The third-order valence-corrected chi connectivity index (χ3v) is 10.2. The van der Waals surface area contributed by atoms with Crippen LogP contribution in [0.1, 0.15) is 20.8 Å². The van der Waals surface area contributed by atoms with Gasteiger partial charge in [0.15, 0.2) is 0 Å². The summed E-state index contributed by atoms with van der Waals surface area (Å²) in [4.78, 5) is 0. The van der Waals surface area contributed by atoms with Gasteiger partial charge in [-0.05, 0) is 49.4 Å². The predicted octanol–water partition coefficient (Wildman–Crippen LogP) is 6.66. The summed E-state index contributed by atoms with van der Waals surface area (Å²) in [7, 11) is -0.696. The van der Waals surface area contributed by atoms with Crippen LogP contribution >= 0.6 is 15.8 Å². The topological polar surface area (TPSA) is 99.5 Å². The van der Waals surface area contributed by atoms with Gasteiger partial charge in [-0.1, -0.05) is 142 Å². The summed E-state index contributed by atoms with van der Waals surface area (Å²) in [5.74, 6) is 0. The van der Waals surface area contributed by atoms with E-state index in [0.717, 1.165) is 0 Å². The fourth-order valence-corrected chi connectivity index (χ4v) is 8.80. The largest absolute Gasteiger partial charge is 2.00 e. The van der Waals surface area contributed by atoms with E-state index in [1.807, 2.05) is 0 Å². The Kier molecular flexibility index (Phi) is 48.0. The van der Waals surface area contributed by atoms with E-state index in [4.69, 9.17) is 23.3 Å². The van der Waals surface area contributed by atoms with Crippen molar-refractivity contribution in [2.24, 2.45) is 5.41 Å². The van der Waals surface area contributed by atoms with Gasteiger partial charge in [-0.25, -0.2) is 0 Å². The molecule has 0 atom stereocenters. The standard InChI is InChI=1S/C26H24P2.C5H11.5CO.Mn.Pt.H2S/c1-5-13-23(14-6-1)27(24-15-7-2-8-16-24)21-22-28(25-17-9-3-10-18-25)26-19-11-4-12-20-26;1-5(2,3)4;5*1-2;;;/h1-20H,21-22H2;1H2,2-4H3;;;;;;;;1H2/q;-1;;;;;;;+2;/p-1. The first-order valence-corrected chi connectivity index (χ1v) is 15.6. The van der Waals surface area contributed by atoms with E-state index in [0.29, 0.717) is 0 Å². The van der Waals surface area contributed by atoms with Crippen molar-refractivity contribution >= 4 is 50.6 Å². The molecule has 46 heavy (non-hydrogen) atoms. The maximum Gasteiger partial charge on any atom is 2.00 e. The van der Waals surface area contributed by atoms with Crippen LogP contribution in [0.15, 0.2) is 121 Å². The summed E-state index contributed by atoms with van der Waals surface area (Å²) in [5.41, 5.74) is 0.250. The molecule has 243 valence electrons. The van der Waals surface area contributed by atoms with E-state index in [9.17, 15) is 0 Å². The maximum absolute atomic E-state index is 7.50. The van der Waals surface area contributed by atoms with Gasteiger partial charge in [0, 0.05) is 17.1 Å². The van der Waals surface area contributed by atoms with E-state index < -0.39 is 0 Å². The Hall–Kier alpha value is -2.00. The minimum Gasteiger partial charge on any atom is -0.813 e. The SMILES string of the molecule is [C-]#[O+].[C-]#[O+].[C-]#[O+].[C-]#[O+].[C-]#[O+].[CH2-]C(C)(C)C.[Mn].[Pt+2].[SH-].c1ccc(P(CCP(c2ccccc2)c2ccccc2)c2ccccc2)cc1. The zero-order valence-corrected chi connectivity index (χ0v) is 31.9. The smallest absolute Gasteiger partial charge is 0.813 e. The van der Waals surface area contributed by atoms with Gasteiger partial charge < -0.3 is 20.4 Å². The molecule has 0 aliphatic rings. The molecule has 0 spiro atoms. The maximum atomic E-state index is 7.50. The molecule has 10 heteroatoms. The van der Waals surface area contributed by atoms with Crippen molar-refractivity contribution in [3.8, 4) is 0 Å². The second-order valence-corrected chi connectivity index (χ2v) is 13.9. The van der Waals surface area contributed by atoms with Crippen LogP contribution in [-0.2, 0) is 74.9 Å². The van der Waals surface area contributed by atoms with Gasteiger partial charge >= 0.3 is 77.6 Å². The fraction of sp³-hybridized carbons (Fsp3) is 0.167. The van der Waals surface area contributed by atoms with Gasteiger partial charge in [-0.2, -0.15) is 5.41 Å². The molecule has 4 aromatic carbocycles. The molecule has 0 saturated carbocycles.